The molecule has 9 nitrogen and oxygen atoms in total. The number of benzene rings is 1. The monoisotopic (exact) mass is 428 g/mol. The van der Waals surface area contributed by atoms with Gasteiger partial charge in [0.1, 0.15) is 17.5 Å². The molecule has 29 heavy (non-hydrogen) atoms. The van der Waals surface area contributed by atoms with Crippen LogP contribution in [0.2, 0.25) is 0 Å². The Kier molecular flexibility index (Phi) is 7.34. The minimum absolute atomic E-state index is 0.222. The minimum Gasteiger partial charge on any atom is -0.497 e. The van der Waals surface area contributed by atoms with E-state index in [0.717, 1.165) is 10.6 Å². The van der Waals surface area contributed by atoms with Gasteiger partial charge in [-0.1, -0.05) is 0 Å². The summed E-state index contributed by atoms with van der Waals surface area (Å²) >= 11 is 0. The number of carbonyl (C=O) groups excluding carboxylic acids is 2. The Morgan fingerprint density at radius 2 is 1.76 bits per heavy atom. The summed E-state index contributed by atoms with van der Waals surface area (Å²) in [6.45, 7) is 2.25. The summed E-state index contributed by atoms with van der Waals surface area (Å²) in [5.74, 6) is -0.134. The fourth-order valence-corrected chi connectivity index (χ4v) is 4.67. The molecule has 0 aliphatic carbocycles. The molecule has 1 aliphatic rings. The number of rotatable bonds is 7. The van der Waals surface area contributed by atoms with Crippen molar-refractivity contribution >= 4 is 27.6 Å². The van der Waals surface area contributed by atoms with Crippen molar-refractivity contribution in [1.29, 1.82) is 0 Å². The lowest BCUT2D eigenvalue weighted by Gasteiger charge is -2.36. The molecule has 10 heteroatoms. The Balaban J connectivity index is 2.30. The summed E-state index contributed by atoms with van der Waals surface area (Å²) < 4.78 is 41.5. The van der Waals surface area contributed by atoms with E-state index >= 15 is 0 Å². The van der Waals surface area contributed by atoms with Crippen LogP contribution in [-0.4, -0.2) is 71.9 Å². The largest absolute Gasteiger partial charge is 0.497 e. The van der Waals surface area contributed by atoms with Crippen molar-refractivity contribution in [2.24, 2.45) is 5.92 Å². The van der Waals surface area contributed by atoms with Crippen molar-refractivity contribution in [3.05, 3.63) is 18.2 Å². The summed E-state index contributed by atoms with van der Waals surface area (Å²) in [5, 5.41) is 0. The van der Waals surface area contributed by atoms with Gasteiger partial charge in [-0.15, -0.1) is 0 Å². The number of hydrogen-bond acceptors (Lipinski definition) is 7. The van der Waals surface area contributed by atoms with Crippen molar-refractivity contribution in [2.45, 2.75) is 25.8 Å². The molecule has 2 rings (SSSR count). The summed E-state index contributed by atoms with van der Waals surface area (Å²) in [6.07, 6.45) is 2.00. The smallest absolute Gasteiger partial charge is 0.308 e. The first kappa shape index (κ1) is 22.8. The maximum absolute atomic E-state index is 13.1. The Labute approximate surface area is 171 Å². The molecule has 1 saturated heterocycles. The molecular weight excluding hydrogens is 400 g/mol. The van der Waals surface area contributed by atoms with Crippen LogP contribution in [0.15, 0.2) is 18.2 Å². The van der Waals surface area contributed by atoms with Gasteiger partial charge in [0, 0.05) is 19.2 Å². The third-order valence-corrected chi connectivity index (χ3v) is 6.26. The van der Waals surface area contributed by atoms with E-state index in [2.05, 4.69) is 0 Å². The zero-order chi connectivity index (χ0) is 21.8. The number of carbonyl (C=O) groups is 2. The third-order valence-electron chi connectivity index (χ3n) is 5.03. The molecule has 1 heterocycles. The maximum Gasteiger partial charge on any atom is 0.308 e. The first-order chi connectivity index (χ1) is 13.6. The predicted octanol–water partition coefficient (Wildman–Crippen LogP) is 1.27. The fourth-order valence-electron chi connectivity index (χ4n) is 3.51. The van der Waals surface area contributed by atoms with Gasteiger partial charge < -0.3 is 19.1 Å². The summed E-state index contributed by atoms with van der Waals surface area (Å²) in [4.78, 5) is 26.4. The van der Waals surface area contributed by atoms with Gasteiger partial charge in [-0.05, 0) is 31.9 Å². The number of piperidine rings is 1. The minimum atomic E-state index is -3.81. The first-order valence-corrected chi connectivity index (χ1v) is 11.1. The van der Waals surface area contributed by atoms with Crippen molar-refractivity contribution in [3.63, 3.8) is 0 Å². The van der Waals surface area contributed by atoms with E-state index in [4.69, 9.17) is 14.2 Å². The Morgan fingerprint density at radius 3 is 2.24 bits per heavy atom. The van der Waals surface area contributed by atoms with Crippen LogP contribution in [0, 0.1) is 5.92 Å². The number of hydrogen-bond donors (Lipinski definition) is 0. The van der Waals surface area contributed by atoms with Gasteiger partial charge >= 0.3 is 5.97 Å². The molecule has 1 atom stereocenters. The van der Waals surface area contributed by atoms with Crippen molar-refractivity contribution < 1.29 is 32.2 Å². The van der Waals surface area contributed by atoms with E-state index in [1.165, 1.54) is 34.3 Å². The van der Waals surface area contributed by atoms with Gasteiger partial charge in [0.2, 0.25) is 15.9 Å². The van der Waals surface area contributed by atoms with Crippen LogP contribution in [-0.2, 0) is 24.3 Å². The number of esters is 1. The van der Waals surface area contributed by atoms with E-state index in [1.807, 2.05) is 0 Å². The van der Waals surface area contributed by atoms with Gasteiger partial charge in [0.05, 0.1) is 39.2 Å². The van der Waals surface area contributed by atoms with Crippen LogP contribution < -0.4 is 13.8 Å². The second kappa shape index (κ2) is 9.34. The lowest BCUT2D eigenvalue weighted by Crippen LogP contribution is -2.51. The van der Waals surface area contributed by atoms with Gasteiger partial charge in [-0.3, -0.25) is 13.9 Å². The number of sulfonamides is 1. The standard InChI is InChI=1S/C19H28N2O7S/c1-13(18(22)20-10-8-14(9-11-20)19(23)28-4)21(29(5,24)25)16-12-15(26-2)6-7-17(16)27-3/h6-7,12-14H,8-11H2,1-5H3. The van der Waals surface area contributed by atoms with E-state index in [-0.39, 0.29) is 23.5 Å². The number of amides is 1. The van der Waals surface area contributed by atoms with Crippen LogP contribution in [0.4, 0.5) is 5.69 Å². The molecule has 0 saturated carbocycles. The quantitative estimate of drug-likeness (QED) is 0.603. The number of methoxy groups -OCH3 is 3. The molecule has 1 unspecified atom stereocenters. The number of likely N-dealkylation sites (tertiary alicyclic amines) is 1. The molecule has 1 amide bonds. The van der Waals surface area contributed by atoms with Gasteiger partial charge in [0.15, 0.2) is 0 Å². The fraction of sp³-hybridized carbons (Fsp3) is 0.579. The Bertz CT molecular complexity index is 848. The van der Waals surface area contributed by atoms with Crippen LogP contribution >= 0.6 is 0 Å². The van der Waals surface area contributed by atoms with Gasteiger partial charge in [0.25, 0.3) is 0 Å². The topological polar surface area (TPSA) is 102 Å². The number of ether oxygens (including phenoxy) is 3. The summed E-state index contributed by atoms with van der Waals surface area (Å²) in [5.41, 5.74) is 0.222. The van der Waals surface area contributed by atoms with E-state index in [0.29, 0.717) is 37.4 Å². The average Bonchev–Trinajstić information content (AvgIpc) is 2.71. The predicted molar refractivity (Wildman–Crippen MR) is 108 cm³/mol. The van der Waals surface area contributed by atoms with Crippen LogP contribution in [0.5, 0.6) is 11.5 Å². The SMILES string of the molecule is COC(=O)C1CCN(C(=O)C(C)N(c2cc(OC)ccc2OC)S(C)(=O)=O)CC1. The highest BCUT2D eigenvalue weighted by Crippen LogP contribution is 2.35. The molecule has 0 radical (unpaired) electrons. The molecule has 0 bridgehead atoms. The summed E-state index contributed by atoms with van der Waals surface area (Å²) in [6, 6.07) is 3.76. The van der Waals surface area contributed by atoms with Gasteiger partial charge in [-0.2, -0.15) is 0 Å². The lowest BCUT2D eigenvalue weighted by atomic mass is 9.96. The zero-order valence-corrected chi connectivity index (χ0v) is 18.2. The highest BCUT2D eigenvalue weighted by molar-refractivity contribution is 7.92. The highest BCUT2D eigenvalue weighted by atomic mass is 32.2. The highest BCUT2D eigenvalue weighted by Gasteiger charge is 2.36. The van der Waals surface area contributed by atoms with E-state index in [1.54, 1.807) is 17.0 Å². The molecule has 1 aromatic rings. The van der Waals surface area contributed by atoms with E-state index in [9.17, 15) is 18.0 Å². The first-order valence-electron chi connectivity index (χ1n) is 9.22. The normalized spacial score (nSPS) is 16.1. The van der Waals surface area contributed by atoms with Crippen molar-refractivity contribution in [1.82, 2.24) is 4.90 Å². The second-order valence-corrected chi connectivity index (χ2v) is 8.75. The van der Waals surface area contributed by atoms with Crippen molar-refractivity contribution in [3.8, 4) is 11.5 Å². The Hall–Kier alpha value is -2.49. The number of nitrogens with zero attached hydrogens (tertiary/aromatic N) is 2. The summed E-state index contributed by atoms with van der Waals surface area (Å²) in [7, 11) is 0.425. The van der Waals surface area contributed by atoms with Gasteiger partial charge in [-0.25, -0.2) is 8.42 Å². The molecule has 0 spiro atoms. The molecular formula is C19H28N2O7S. The molecule has 1 aliphatic heterocycles. The van der Waals surface area contributed by atoms with Crippen molar-refractivity contribution in [2.75, 3.05) is 45.0 Å². The van der Waals surface area contributed by atoms with Crippen LogP contribution in [0.1, 0.15) is 19.8 Å². The molecule has 0 aromatic heterocycles. The molecule has 1 aromatic carbocycles. The second-order valence-electron chi connectivity index (χ2n) is 6.90. The Morgan fingerprint density at radius 1 is 1.14 bits per heavy atom. The van der Waals surface area contributed by atoms with Crippen LogP contribution in [0.3, 0.4) is 0 Å². The molecule has 1 fully saturated rings. The molecule has 162 valence electrons. The lowest BCUT2D eigenvalue weighted by molar-refractivity contribution is -0.149. The van der Waals surface area contributed by atoms with Crippen LogP contribution in [0.25, 0.3) is 0 Å². The van der Waals surface area contributed by atoms with E-state index < -0.39 is 16.1 Å². The number of anilines is 1. The maximum atomic E-state index is 13.1. The average molecular weight is 429 g/mol. The third kappa shape index (κ3) is 5.11. The zero-order valence-electron chi connectivity index (χ0n) is 17.4. The molecule has 0 N–H and O–H groups in total.